The highest BCUT2D eigenvalue weighted by Crippen LogP contribution is 2.23. The molecule has 1 heterocycles. The highest BCUT2D eigenvalue weighted by atomic mass is 32.2. The van der Waals surface area contributed by atoms with Crippen LogP contribution in [0.4, 0.5) is 0 Å². The van der Waals surface area contributed by atoms with Crippen LogP contribution < -0.4 is 5.73 Å². The molecule has 0 amide bonds. The Morgan fingerprint density at radius 3 is 2.79 bits per heavy atom. The predicted molar refractivity (Wildman–Crippen MR) is 59.7 cm³/mol. The van der Waals surface area contributed by atoms with Crippen molar-refractivity contribution in [2.45, 2.75) is 49.7 Å². The van der Waals surface area contributed by atoms with Gasteiger partial charge >= 0.3 is 0 Å². The van der Waals surface area contributed by atoms with Crippen LogP contribution in [0.25, 0.3) is 0 Å². The second-order valence-electron chi connectivity index (χ2n) is 3.84. The quantitative estimate of drug-likeness (QED) is 0.751. The van der Waals surface area contributed by atoms with Gasteiger partial charge in [0.25, 0.3) is 0 Å². The van der Waals surface area contributed by atoms with E-state index in [4.69, 9.17) is 10.5 Å². The largest absolute Gasteiger partial charge is 0.377 e. The molecule has 1 saturated heterocycles. The third-order valence-corrected chi connectivity index (χ3v) is 5.32. The van der Waals surface area contributed by atoms with E-state index in [-0.39, 0.29) is 16.6 Å². The van der Waals surface area contributed by atoms with Gasteiger partial charge in [-0.2, -0.15) is 0 Å². The van der Waals surface area contributed by atoms with Crippen LogP contribution in [0.5, 0.6) is 0 Å². The maximum absolute atomic E-state index is 12.2. The summed E-state index contributed by atoms with van der Waals surface area (Å²) in [4.78, 5) is 0. The fourth-order valence-electron chi connectivity index (χ4n) is 1.93. The smallest absolute Gasteiger partial charge is 0.0691 e. The molecule has 4 atom stereocenters. The number of hydrogen-bond donors (Lipinski definition) is 1. The van der Waals surface area contributed by atoms with Crippen LogP contribution in [0.3, 0.4) is 0 Å². The fraction of sp³-hybridized carbons (Fsp3) is 1.00. The first kappa shape index (κ1) is 12.1. The lowest BCUT2D eigenvalue weighted by Crippen LogP contribution is -2.31. The van der Waals surface area contributed by atoms with Crippen molar-refractivity contribution < 1.29 is 8.95 Å². The van der Waals surface area contributed by atoms with Gasteiger partial charge in [0.1, 0.15) is 0 Å². The van der Waals surface area contributed by atoms with Crippen molar-refractivity contribution in [2.24, 2.45) is 5.73 Å². The van der Waals surface area contributed by atoms with Gasteiger partial charge in [-0.15, -0.1) is 0 Å². The van der Waals surface area contributed by atoms with Crippen molar-refractivity contribution in [2.75, 3.05) is 13.2 Å². The molecule has 1 aliphatic heterocycles. The molecule has 0 aliphatic carbocycles. The van der Waals surface area contributed by atoms with E-state index in [9.17, 15) is 4.21 Å². The fourth-order valence-corrected chi connectivity index (χ4v) is 3.91. The van der Waals surface area contributed by atoms with Crippen molar-refractivity contribution in [1.29, 1.82) is 0 Å². The Kier molecular flexibility index (Phi) is 5.06. The highest BCUT2D eigenvalue weighted by molar-refractivity contribution is 7.86. The third-order valence-electron chi connectivity index (χ3n) is 2.88. The molecule has 0 aromatic rings. The van der Waals surface area contributed by atoms with Gasteiger partial charge < -0.3 is 10.5 Å². The van der Waals surface area contributed by atoms with E-state index in [1.807, 2.05) is 6.92 Å². The maximum atomic E-state index is 12.2. The van der Waals surface area contributed by atoms with Crippen LogP contribution in [0, 0.1) is 0 Å². The van der Waals surface area contributed by atoms with Crippen molar-refractivity contribution in [3.8, 4) is 0 Å². The average Bonchev–Trinajstić information content (AvgIpc) is 2.59. The zero-order valence-corrected chi connectivity index (χ0v) is 9.89. The summed E-state index contributed by atoms with van der Waals surface area (Å²) in [6, 6.07) is 0. The molecule has 0 saturated carbocycles. The molecule has 1 rings (SSSR count). The Morgan fingerprint density at radius 2 is 2.36 bits per heavy atom. The molecule has 14 heavy (non-hydrogen) atoms. The molecule has 0 aromatic carbocycles. The van der Waals surface area contributed by atoms with Gasteiger partial charge in [-0.25, -0.2) is 0 Å². The normalized spacial score (nSPS) is 31.6. The first-order valence-corrected chi connectivity index (χ1v) is 6.69. The van der Waals surface area contributed by atoms with Gasteiger partial charge in [0.05, 0.1) is 11.4 Å². The van der Waals surface area contributed by atoms with E-state index < -0.39 is 10.8 Å². The highest BCUT2D eigenvalue weighted by Gasteiger charge is 2.32. The van der Waals surface area contributed by atoms with Crippen LogP contribution in [0.2, 0.25) is 0 Å². The Bertz CT molecular complexity index is 199. The van der Waals surface area contributed by atoms with E-state index in [1.165, 1.54) is 0 Å². The van der Waals surface area contributed by atoms with Crippen LogP contribution in [0.15, 0.2) is 0 Å². The molecule has 0 radical (unpaired) electrons. The average molecular weight is 219 g/mol. The van der Waals surface area contributed by atoms with E-state index in [2.05, 4.69) is 6.92 Å². The Labute approximate surface area is 88.8 Å². The predicted octanol–water partition coefficient (Wildman–Crippen LogP) is 1.04. The van der Waals surface area contributed by atoms with Crippen LogP contribution in [-0.4, -0.2) is 34.0 Å². The number of ether oxygens (including phenoxy) is 1. The van der Waals surface area contributed by atoms with Gasteiger partial charge in [0, 0.05) is 22.7 Å². The number of rotatable bonds is 5. The summed E-state index contributed by atoms with van der Waals surface area (Å²) in [5, 5.41) is 0.487. The van der Waals surface area contributed by atoms with Gasteiger partial charge in [-0.05, 0) is 32.7 Å². The van der Waals surface area contributed by atoms with E-state index in [0.29, 0.717) is 6.54 Å². The molecule has 0 bridgehead atoms. The lowest BCUT2D eigenvalue weighted by molar-refractivity contribution is 0.126. The molecule has 84 valence electrons. The van der Waals surface area contributed by atoms with Gasteiger partial charge in [-0.3, -0.25) is 4.21 Å². The second-order valence-corrected chi connectivity index (χ2v) is 5.77. The standard InChI is InChI=1S/C10H21NO2S/c1-3-9(4-6-11)14(12)10-5-7-13-8(10)2/h8-10H,3-7,11H2,1-2H3. The second kappa shape index (κ2) is 5.83. The first-order valence-electron chi connectivity index (χ1n) is 5.41. The zero-order valence-electron chi connectivity index (χ0n) is 9.07. The molecule has 3 nitrogen and oxygen atoms in total. The number of nitrogens with two attached hydrogens (primary N) is 1. The lowest BCUT2D eigenvalue weighted by atomic mass is 10.2. The minimum atomic E-state index is -0.768. The third kappa shape index (κ3) is 2.78. The Hall–Kier alpha value is 0.0700. The van der Waals surface area contributed by atoms with Crippen molar-refractivity contribution >= 4 is 10.8 Å². The van der Waals surface area contributed by atoms with E-state index in [1.54, 1.807) is 0 Å². The van der Waals surface area contributed by atoms with Gasteiger partial charge in [-0.1, -0.05) is 6.92 Å². The SMILES string of the molecule is CCC(CCN)S(=O)C1CCOC1C. The van der Waals surface area contributed by atoms with E-state index in [0.717, 1.165) is 25.9 Å². The van der Waals surface area contributed by atoms with E-state index >= 15 is 0 Å². The molecule has 4 unspecified atom stereocenters. The molecule has 1 aliphatic rings. The molecule has 0 aromatic heterocycles. The molecule has 4 heteroatoms. The first-order chi connectivity index (χ1) is 6.70. The van der Waals surface area contributed by atoms with Gasteiger partial charge in [0.2, 0.25) is 0 Å². The summed E-state index contributed by atoms with van der Waals surface area (Å²) in [6.45, 7) is 5.49. The monoisotopic (exact) mass is 219 g/mol. The van der Waals surface area contributed by atoms with Crippen molar-refractivity contribution in [3.63, 3.8) is 0 Å². The Balaban J connectivity index is 2.52. The summed E-state index contributed by atoms with van der Waals surface area (Å²) >= 11 is 0. The van der Waals surface area contributed by atoms with Crippen molar-refractivity contribution in [3.05, 3.63) is 0 Å². The maximum Gasteiger partial charge on any atom is 0.0691 e. The minimum absolute atomic E-state index is 0.155. The molecular formula is C10H21NO2S. The summed E-state index contributed by atoms with van der Waals surface area (Å²) in [7, 11) is -0.768. The summed E-state index contributed by atoms with van der Waals surface area (Å²) < 4.78 is 17.6. The zero-order chi connectivity index (χ0) is 10.6. The van der Waals surface area contributed by atoms with Crippen molar-refractivity contribution in [1.82, 2.24) is 0 Å². The van der Waals surface area contributed by atoms with Crippen LogP contribution in [0.1, 0.15) is 33.1 Å². The van der Waals surface area contributed by atoms with Gasteiger partial charge in [0.15, 0.2) is 0 Å². The molecular weight excluding hydrogens is 198 g/mol. The molecule has 2 N–H and O–H groups in total. The summed E-state index contributed by atoms with van der Waals surface area (Å²) in [5.41, 5.74) is 5.51. The van der Waals surface area contributed by atoms with Crippen LogP contribution in [-0.2, 0) is 15.5 Å². The Morgan fingerprint density at radius 1 is 1.64 bits per heavy atom. The number of hydrogen-bond acceptors (Lipinski definition) is 3. The molecule has 0 spiro atoms. The topological polar surface area (TPSA) is 52.3 Å². The van der Waals surface area contributed by atoms with Crippen LogP contribution >= 0.6 is 0 Å². The minimum Gasteiger partial charge on any atom is -0.377 e. The lowest BCUT2D eigenvalue weighted by Gasteiger charge is -2.20. The summed E-state index contributed by atoms with van der Waals surface area (Å²) in [5.74, 6) is 0. The summed E-state index contributed by atoms with van der Waals surface area (Å²) in [6.07, 6.45) is 2.91. The molecule has 1 fully saturated rings.